The molecule has 0 fully saturated rings. The topological polar surface area (TPSA) is 44.1 Å². The molecule has 0 saturated heterocycles. The van der Waals surface area contributed by atoms with Gasteiger partial charge in [0.15, 0.2) is 0 Å². The summed E-state index contributed by atoms with van der Waals surface area (Å²) in [7, 11) is 1.39. The standard InChI is InChI=1S/C22H23ClN2O2/c1-4-5-20(25-14-24-13-21(25)22(26)27-3)17-8-6-16(7-9-17)19-11-10-18(23)12-15(19)2/h6-14,20H,4-5H2,1-3H3. The van der Waals surface area contributed by atoms with E-state index < -0.39 is 0 Å². The number of ether oxygens (including phenoxy) is 1. The summed E-state index contributed by atoms with van der Waals surface area (Å²) in [5.74, 6) is -0.373. The molecule has 1 aromatic heterocycles. The Kier molecular flexibility index (Phi) is 5.97. The first-order valence-electron chi connectivity index (χ1n) is 9.01. The van der Waals surface area contributed by atoms with Crippen molar-refractivity contribution < 1.29 is 9.53 Å². The van der Waals surface area contributed by atoms with Gasteiger partial charge >= 0.3 is 5.97 Å². The van der Waals surface area contributed by atoms with E-state index in [-0.39, 0.29) is 12.0 Å². The summed E-state index contributed by atoms with van der Waals surface area (Å²) >= 11 is 6.07. The number of carbonyl (C=O) groups is 1. The number of hydrogen-bond acceptors (Lipinski definition) is 3. The van der Waals surface area contributed by atoms with E-state index in [1.165, 1.54) is 7.11 Å². The van der Waals surface area contributed by atoms with E-state index in [1.54, 1.807) is 12.5 Å². The molecule has 0 bridgehead atoms. The molecule has 0 N–H and O–H groups in total. The Bertz CT molecular complexity index is 932. The molecule has 0 spiro atoms. The van der Waals surface area contributed by atoms with Gasteiger partial charge in [-0.15, -0.1) is 0 Å². The van der Waals surface area contributed by atoms with Crippen LogP contribution in [0.2, 0.25) is 5.02 Å². The summed E-state index contributed by atoms with van der Waals surface area (Å²) in [5, 5.41) is 0.742. The largest absolute Gasteiger partial charge is 0.464 e. The van der Waals surface area contributed by atoms with Crippen molar-refractivity contribution in [2.75, 3.05) is 7.11 Å². The van der Waals surface area contributed by atoms with Crippen molar-refractivity contribution in [1.29, 1.82) is 0 Å². The van der Waals surface area contributed by atoms with Crippen molar-refractivity contribution in [3.63, 3.8) is 0 Å². The molecule has 4 nitrogen and oxygen atoms in total. The van der Waals surface area contributed by atoms with Gasteiger partial charge in [-0.2, -0.15) is 0 Å². The third-order valence-electron chi connectivity index (χ3n) is 4.75. The maximum Gasteiger partial charge on any atom is 0.356 e. The first-order chi connectivity index (χ1) is 13.0. The lowest BCUT2D eigenvalue weighted by Crippen LogP contribution is -2.16. The third kappa shape index (κ3) is 4.06. The molecule has 1 atom stereocenters. The average Bonchev–Trinajstić information content (AvgIpc) is 3.15. The Hall–Kier alpha value is -2.59. The minimum atomic E-state index is -0.373. The summed E-state index contributed by atoms with van der Waals surface area (Å²) in [6.07, 6.45) is 5.14. The zero-order valence-electron chi connectivity index (χ0n) is 15.8. The van der Waals surface area contributed by atoms with Crippen molar-refractivity contribution in [2.24, 2.45) is 0 Å². The minimum absolute atomic E-state index is 0.0342. The molecule has 1 heterocycles. The normalized spacial score (nSPS) is 12.0. The average molecular weight is 383 g/mol. The number of hydrogen-bond donors (Lipinski definition) is 0. The van der Waals surface area contributed by atoms with Gasteiger partial charge in [0, 0.05) is 5.02 Å². The number of esters is 1. The van der Waals surface area contributed by atoms with Gasteiger partial charge in [0.25, 0.3) is 0 Å². The number of aromatic nitrogens is 2. The quantitative estimate of drug-likeness (QED) is 0.514. The van der Waals surface area contributed by atoms with E-state index in [1.807, 2.05) is 22.8 Å². The summed E-state index contributed by atoms with van der Waals surface area (Å²) in [5.41, 5.74) is 5.05. The first-order valence-corrected chi connectivity index (χ1v) is 9.39. The van der Waals surface area contributed by atoms with Gasteiger partial charge in [0.2, 0.25) is 0 Å². The second kappa shape index (κ2) is 8.40. The van der Waals surface area contributed by atoms with Crippen LogP contribution in [0.4, 0.5) is 0 Å². The number of imidazole rings is 1. The van der Waals surface area contributed by atoms with Crippen molar-refractivity contribution >= 4 is 17.6 Å². The summed E-state index contributed by atoms with van der Waals surface area (Å²) in [6.45, 7) is 4.19. The molecule has 0 aliphatic heterocycles. The third-order valence-corrected chi connectivity index (χ3v) is 4.99. The molecule has 0 aliphatic rings. The lowest BCUT2D eigenvalue weighted by atomic mass is 9.96. The second-order valence-corrected chi connectivity index (χ2v) is 7.00. The zero-order chi connectivity index (χ0) is 19.4. The highest BCUT2D eigenvalue weighted by molar-refractivity contribution is 6.30. The Balaban J connectivity index is 1.96. The van der Waals surface area contributed by atoms with Gasteiger partial charge in [-0.25, -0.2) is 9.78 Å². The van der Waals surface area contributed by atoms with Crippen LogP contribution in [0, 0.1) is 6.92 Å². The van der Waals surface area contributed by atoms with Gasteiger partial charge in [-0.05, 0) is 47.7 Å². The highest BCUT2D eigenvalue weighted by Gasteiger charge is 2.20. The number of carbonyl (C=O) groups excluding carboxylic acids is 1. The van der Waals surface area contributed by atoms with Crippen molar-refractivity contribution in [3.05, 3.63) is 76.8 Å². The second-order valence-electron chi connectivity index (χ2n) is 6.56. The highest BCUT2D eigenvalue weighted by Crippen LogP contribution is 2.30. The van der Waals surface area contributed by atoms with Crippen LogP contribution in [-0.2, 0) is 4.74 Å². The van der Waals surface area contributed by atoms with E-state index in [4.69, 9.17) is 16.3 Å². The van der Waals surface area contributed by atoms with Crippen molar-refractivity contribution in [3.8, 4) is 11.1 Å². The smallest absolute Gasteiger partial charge is 0.356 e. The van der Waals surface area contributed by atoms with Gasteiger partial charge < -0.3 is 9.30 Å². The van der Waals surface area contributed by atoms with Gasteiger partial charge in [-0.3, -0.25) is 0 Å². The maximum absolute atomic E-state index is 12.0. The zero-order valence-corrected chi connectivity index (χ0v) is 16.5. The Morgan fingerprint density at radius 1 is 1.22 bits per heavy atom. The number of rotatable bonds is 6. The van der Waals surface area contributed by atoms with Crippen LogP contribution in [0.3, 0.4) is 0 Å². The predicted octanol–water partition coefficient (Wildman–Crippen LogP) is 5.69. The number of aryl methyl sites for hydroxylation is 1. The molecule has 0 saturated carbocycles. The highest BCUT2D eigenvalue weighted by atomic mass is 35.5. The number of methoxy groups -OCH3 is 1. The van der Waals surface area contributed by atoms with Crippen LogP contribution >= 0.6 is 11.6 Å². The fourth-order valence-electron chi connectivity index (χ4n) is 3.39. The van der Waals surface area contributed by atoms with E-state index in [0.717, 1.165) is 40.1 Å². The lowest BCUT2D eigenvalue weighted by molar-refractivity contribution is 0.0586. The Labute approximate surface area is 164 Å². The fraction of sp³-hybridized carbons (Fsp3) is 0.273. The molecule has 3 rings (SSSR count). The van der Waals surface area contributed by atoms with Gasteiger partial charge in [-0.1, -0.05) is 55.3 Å². The van der Waals surface area contributed by atoms with Crippen LogP contribution in [-0.4, -0.2) is 22.6 Å². The lowest BCUT2D eigenvalue weighted by Gasteiger charge is -2.21. The van der Waals surface area contributed by atoms with E-state index in [9.17, 15) is 4.79 Å². The van der Waals surface area contributed by atoms with E-state index in [0.29, 0.717) is 5.69 Å². The molecule has 2 aromatic carbocycles. The number of halogens is 1. The maximum atomic E-state index is 12.0. The molecular formula is C22H23ClN2O2. The monoisotopic (exact) mass is 382 g/mol. The van der Waals surface area contributed by atoms with Crippen molar-refractivity contribution in [1.82, 2.24) is 9.55 Å². The summed E-state index contributed by atoms with van der Waals surface area (Å²) in [4.78, 5) is 16.2. The van der Waals surface area contributed by atoms with Crippen LogP contribution in [0.5, 0.6) is 0 Å². The van der Waals surface area contributed by atoms with Gasteiger partial charge in [0.05, 0.1) is 25.7 Å². The van der Waals surface area contributed by atoms with Gasteiger partial charge in [0.1, 0.15) is 5.69 Å². The molecule has 5 heteroatoms. The van der Waals surface area contributed by atoms with Crippen LogP contribution < -0.4 is 0 Å². The molecule has 0 aliphatic carbocycles. The molecule has 27 heavy (non-hydrogen) atoms. The van der Waals surface area contributed by atoms with Crippen LogP contribution in [0.1, 0.15) is 47.4 Å². The van der Waals surface area contributed by atoms with Crippen LogP contribution in [0.25, 0.3) is 11.1 Å². The molecule has 0 amide bonds. The Morgan fingerprint density at radius 3 is 2.59 bits per heavy atom. The predicted molar refractivity (Wildman–Crippen MR) is 108 cm³/mol. The molecule has 3 aromatic rings. The Morgan fingerprint density at radius 2 is 1.96 bits per heavy atom. The molecule has 0 radical (unpaired) electrons. The summed E-state index contributed by atoms with van der Waals surface area (Å²) < 4.78 is 6.79. The number of nitrogens with zero attached hydrogens (tertiary/aromatic N) is 2. The number of benzene rings is 2. The molecular weight excluding hydrogens is 360 g/mol. The van der Waals surface area contributed by atoms with Crippen LogP contribution in [0.15, 0.2) is 55.0 Å². The van der Waals surface area contributed by atoms with Crippen molar-refractivity contribution in [2.45, 2.75) is 32.7 Å². The first kappa shape index (κ1) is 19.2. The molecule has 1 unspecified atom stereocenters. The van der Waals surface area contributed by atoms with E-state index in [2.05, 4.69) is 43.1 Å². The van der Waals surface area contributed by atoms with E-state index >= 15 is 0 Å². The summed E-state index contributed by atoms with van der Waals surface area (Å²) in [6, 6.07) is 14.4. The molecule has 140 valence electrons. The fourth-order valence-corrected chi connectivity index (χ4v) is 3.62. The minimum Gasteiger partial charge on any atom is -0.464 e. The SMILES string of the molecule is CCCC(c1ccc(-c2ccc(Cl)cc2C)cc1)n1cncc1C(=O)OC.